The third kappa shape index (κ3) is 2.80. The maximum atomic E-state index is 12.6. The second-order valence-electron chi connectivity index (χ2n) is 6.68. The monoisotopic (exact) mass is 322 g/mol. The van der Waals surface area contributed by atoms with E-state index in [1.165, 1.54) is 6.42 Å². The van der Waals surface area contributed by atoms with Crippen molar-refractivity contribution in [3.8, 4) is 0 Å². The van der Waals surface area contributed by atoms with E-state index in [9.17, 15) is 4.79 Å². The second kappa shape index (κ2) is 6.32. The Bertz CT molecular complexity index is 746. The average Bonchev–Trinajstić information content (AvgIpc) is 3.07. The summed E-state index contributed by atoms with van der Waals surface area (Å²) in [5.74, 6) is 1.03. The number of hydrogen-bond donors (Lipinski definition) is 0. The first kappa shape index (κ1) is 15.3. The lowest BCUT2D eigenvalue weighted by Crippen LogP contribution is -2.36. The van der Waals surface area contributed by atoms with E-state index in [4.69, 9.17) is 4.98 Å². The van der Waals surface area contributed by atoms with Gasteiger partial charge in [0.1, 0.15) is 5.82 Å². The number of aromatic nitrogens is 2. The first-order valence-corrected chi connectivity index (χ1v) is 8.61. The van der Waals surface area contributed by atoms with E-state index in [1.54, 1.807) is 0 Å². The molecule has 4 rings (SSSR count). The molecule has 0 N–H and O–H groups in total. The van der Waals surface area contributed by atoms with Crippen molar-refractivity contribution in [3.05, 3.63) is 59.2 Å². The summed E-state index contributed by atoms with van der Waals surface area (Å²) in [5, 5.41) is 0. The molecule has 5 heteroatoms. The van der Waals surface area contributed by atoms with Crippen molar-refractivity contribution in [2.45, 2.75) is 31.8 Å². The molecule has 1 aromatic carbocycles. The fourth-order valence-corrected chi connectivity index (χ4v) is 3.67. The summed E-state index contributed by atoms with van der Waals surface area (Å²) in [6, 6.07) is 9.81. The van der Waals surface area contributed by atoms with Gasteiger partial charge >= 0.3 is 0 Å². The van der Waals surface area contributed by atoms with Gasteiger partial charge in [-0.05, 0) is 38.6 Å². The normalized spacial score (nSPS) is 20.9. The van der Waals surface area contributed by atoms with Crippen LogP contribution in [0.5, 0.6) is 0 Å². The first-order valence-electron chi connectivity index (χ1n) is 8.61. The molecule has 3 heterocycles. The van der Waals surface area contributed by atoms with Gasteiger partial charge in [0.2, 0.25) is 0 Å². The third-order valence-corrected chi connectivity index (χ3v) is 5.08. The Morgan fingerprint density at radius 1 is 1.21 bits per heavy atom. The molecule has 2 aromatic rings. The lowest BCUT2D eigenvalue weighted by molar-refractivity contribution is 0.0733. The van der Waals surface area contributed by atoms with Gasteiger partial charge in [0, 0.05) is 36.8 Å². The van der Waals surface area contributed by atoms with Crippen LogP contribution in [0.15, 0.2) is 36.5 Å². The van der Waals surface area contributed by atoms with Gasteiger partial charge in [0.25, 0.3) is 5.91 Å². The summed E-state index contributed by atoms with van der Waals surface area (Å²) in [7, 11) is 2.14. The minimum Gasteiger partial charge on any atom is -0.334 e. The second-order valence-corrected chi connectivity index (χ2v) is 6.68. The van der Waals surface area contributed by atoms with Crippen molar-refractivity contribution in [2.75, 3.05) is 20.1 Å². The Hall–Kier alpha value is -2.27. The predicted molar refractivity (Wildman–Crippen MR) is 91.5 cm³/mol. The molecule has 5 nitrogen and oxygen atoms in total. The van der Waals surface area contributed by atoms with E-state index in [2.05, 4.69) is 16.9 Å². The van der Waals surface area contributed by atoms with E-state index in [0.717, 1.165) is 48.6 Å². The van der Waals surface area contributed by atoms with Crippen molar-refractivity contribution >= 4 is 5.91 Å². The van der Waals surface area contributed by atoms with Crippen LogP contribution in [-0.4, -0.2) is 45.8 Å². The molecule has 0 saturated carbocycles. The number of rotatable bonds is 2. The van der Waals surface area contributed by atoms with Crippen LogP contribution in [0.1, 0.15) is 46.3 Å². The Balaban J connectivity index is 1.53. The third-order valence-electron chi connectivity index (χ3n) is 5.08. The van der Waals surface area contributed by atoms with Crippen molar-refractivity contribution in [1.29, 1.82) is 0 Å². The topological polar surface area (TPSA) is 49.3 Å². The number of hydrogen-bond acceptors (Lipinski definition) is 4. The van der Waals surface area contributed by atoms with Gasteiger partial charge in [-0.25, -0.2) is 9.97 Å². The van der Waals surface area contributed by atoms with E-state index in [0.29, 0.717) is 12.6 Å². The minimum atomic E-state index is 0.0841. The molecule has 1 aromatic heterocycles. The number of carbonyl (C=O) groups is 1. The molecule has 1 saturated heterocycles. The van der Waals surface area contributed by atoms with Gasteiger partial charge in [-0.2, -0.15) is 0 Å². The first-order chi connectivity index (χ1) is 11.7. The van der Waals surface area contributed by atoms with Crippen LogP contribution in [0.25, 0.3) is 0 Å². The molecule has 0 bridgehead atoms. The quantitative estimate of drug-likeness (QED) is 0.852. The molecule has 1 amide bonds. The van der Waals surface area contributed by atoms with Crippen molar-refractivity contribution < 1.29 is 4.79 Å². The lowest BCUT2D eigenvalue weighted by atomic mass is 10.1. The Morgan fingerprint density at radius 3 is 2.79 bits per heavy atom. The largest absolute Gasteiger partial charge is 0.334 e. The molecular formula is C19H22N4O. The number of amides is 1. The molecule has 0 radical (unpaired) electrons. The van der Waals surface area contributed by atoms with Gasteiger partial charge in [-0.15, -0.1) is 0 Å². The van der Waals surface area contributed by atoms with Crippen LogP contribution in [-0.2, 0) is 13.0 Å². The van der Waals surface area contributed by atoms with E-state index in [1.807, 2.05) is 41.4 Å². The van der Waals surface area contributed by atoms with E-state index in [-0.39, 0.29) is 5.91 Å². The Labute approximate surface area is 142 Å². The summed E-state index contributed by atoms with van der Waals surface area (Å²) in [5.41, 5.74) is 2.93. The molecule has 2 aliphatic heterocycles. The zero-order valence-corrected chi connectivity index (χ0v) is 14.0. The van der Waals surface area contributed by atoms with Gasteiger partial charge in [0.05, 0.1) is 11.7 Å². The van der Waals surface area contributed by atoms with E-state index >= 15 is 0 Å². The number of benzene rings is 1. The van der Waals surface area contributed by atoms with Crippen molar-refractivity contribution in [2.24, 2.45) is 0 Å². The smallest absolute Gasteiger partial charge is 0.254 e. The highest BCUT2D eigenvalue weighted by molar-refractivity contribution is 5.94. The van der Waals surface area contributed by atoms with Crippen LogP contribution in [0.2, 0.25) is 0 Å². The minimum absolute atomic E-state index is 0.0841. The molecule has 1 fully saturated rings. The fourth-order valence-electron chi connectivity index (χ4n) is 3.67. The molecule has 0 aliphatic carbocycles. The Kier molecular flexibility index (Phi) is 4.02. The number of likely N-dealkylation sites (tertiary alicyclic amines) is 1. The highest BCUT2D eigenvalue weighted by Crippen LogP contribution is 2.29. The Morgan fingerprint density at radius 2 is 2.04 bits per heavy atom. The van der Waals surface area contributed by atoms with Crippen molar-refractivity contribution in [3.63, 3.8) is 0 Å². The maximum Gasteiger partial charge on any atom is 0.254 e. The molecular weight excluding hydrogens is 300 g/mol. The van der Waals surface area contributed by atoms with Crippen molar-refractivity contribution in [1.82, 2.24) is 19.8 Å². The summed E-state index contributed by atoms with van der Waals surface area (Å²) in [4.78, 5) is 26.2. The van der Waals surface area contributed by atoms with Crippen LogP contribution >= 0.6 is 0 Å². The van der Waals surface area contributed by atoms with Crippen LogP contribution in [0.4, 0.5) is 0 Å². The zero-order chi connectivity index (χ0) is 16.5. The van der Waals surface area contributed by atoms with Gasteiger partial charge < -0.3 is 4.90 Å². The predicted octanol–water partition coefficient (Wildman–Crippen LogP) is 2.44. The highest BCUT2D eigenvalue weighted by atomic mass is 16.2. The fraction of sp³-hybridized carbons (Fsp3) is 0.421. The zero-order valence-electron chi connectivity index (χ0n) is 14.0. The van der Waals surface area contributed by atoms with Gasteiger partial charge in [-0.3, -0.25) is 9.69 Å². The van der Waals surface area contributed by atoms with Crippen LogP contribution in [0, 0.1) is 0 Å². The van der Waals surface area contributed by atoms with Crippen LogP contribution in [0.3, 0.4) is 0 Å². The molecule has 0 spiro atoms. The number of fused-ring (bicyclic) bond motifs is 1. The molecule has 2 aliphatic rings. The molecule has 124 valence electrons. The van der Waals surface area contributed by atoms with E-state index < -0.39 is 0 Å². The number of carbonyl (C=O) groups excluding carboxylic acids is 1. The standard InChI is InChI=1S/C19H22N4O/c1-22-10-5-8-17(22)18-20-12-15-13-23(11-9-16(15)21-18)19(24)14-6-3-2-4-7-14/h2-4,6-7,12,17H,5,8-11,13H2,1H3. The molecule has 24 heavy (non-hydrogen) atoms. The summed E-state index contributed by atoms with van der Waals surface area (Å²) in [6.45, 7) is 2.44. The summed E-state index contributed by atoms with van der Waals surface area (Å²) < 4.78 is 0. The van der Waals surface area contributed by atoms with Crippen LogP contribution < -0.4 is 0 Å². The molecule has 1 atom stereocenters. The SMILES string of the molecule is CN1CCCC1c1ncc2c(n1)CCN(C(=O)c1ccccc1)C2. The van der Waals surface area contributed by atoms with Gasteiger partial charge in [0.15, 0.2) is 0 Å². The van der Waals surface area contributed by atoms with Gasteiger partial charge in [-0.1, -0.05) is 18.2 Å². The molecule has 1 unspecified atom stereocenters. The highest BCUT2D eigenvalue weighted by Gasteiger charge is 2.28. The summed E-state index contributed by atoms with van der Waals surface area (Å²) >= 11 is 0. The average molecular weight is 322 g/mol. The maximum absolute atomic E-state index is 12.6. The number of nitrogens with zero attached hydrogens (tertiary/aromatic N) is 4. The lowest BCUT2D eigenvalue weighted by Gasteiger charge is -2.29. The summed E-state index contributed by atoms with van der Waals surface area (Å²) in [6.07, 6.45) is 5.07.